The molecule has 1 amide bonds. The molecule has 7 nitrogen and oxygen atoms in total. The molecule has 3 aromatic rings. The standard InChI is InChI=1S/C16H21N5O2S/c1-6-10-9(2)24-14-12(10)13-19-21(15(23)20(13)8-17-14)7-11(22)18-16(3,4)5/h8H,6-7H2,1-5H3,(H,18,22). The van der Waals surface area contributed by atoms with Gasteiger partial charge in [-0.3, -0.25) is 4.79 Å². The highest BCUT2D eigenvalue weighted by atomic mass is 32.1. The van der Waals surface area contributed by atoms with E-state index in [4.69, 9.17) is 0 Å². The Hall–Kier alpha value is -2.22. The Bertz CT molecular complexity index is 990. The summed E-state index contributed by atoms with van der Waals surface area (Å²) in [5, 5.41) is 8.16. The summed E-state index contributed by atoms with van der Waals surface area (Å²) >= 11 is 1.60. The topological polar surface area (TPSA) is 81.3 Å². The van der Waals surface area contributed by atoms with E-state index in [0.29, 0.717) is 5.65 Å². The highest BCUT2D eigenvalue weighted by Crippen LogP contribution is 2.31. The summed E-state index contributed by atoms with van der Waals surface area (Å²) in [5.41, 5.74) is 1.02. The number of hydrogen-bond acceptors (Lipinski definition) is 5. The van der Waals surface area contributed by atoms with Gasteiger partial charge in [0.15, 0.2) is 5.65 Å². The minimum absolute atomic E-state index is 0.107. The van der Waals surface area contributed by atoms with Crippen LogP contribution in [-0.2, 0) is 17.8 Å². The Kier molecular flexibility index (Phi) is 3.95. The first-order valence-corrected chi connectivity index (χ1v) is 8.70. The molecule has 0 aliphatic heterocycles. The lowest BCUT2D eigenvalue weighted by atomic mass is 10.1. The molecule has 0 aliphatic carbocycles. The first-order chi connectivity index (χ1) is 11.2. The van der Waals surface area contributed by atoms with E-state index in [9.17, 15) is 9.59 Å². The van der Waals surface area contributed by atoms with Crippen molar-refractivity contribution in [1.82, 2.24) is 24.5 Å². The second-order valence-corrected chi connectivity index (χ2v) is 8.05. The van der Waals surface area contributed by atoms with Crippen molar-refractivity contribution in [3.8, 4) is 0 Å². The van der Waals surface area contributed by atoms with Gasteiger partial charge in [-0.2, -0.15) is 0 Å². The second-order valence-electron chi connectivity index (χ2n) is 6.85. The zero-order valence-electron chi connectivity index (χ0n) is 14.5. The van der Waals surface area contributed by atoms with E-state index in [0.717, 1.165) is 22.2 Å². The third-order valence-corrected chi connectivity index (χ3v) is 4.79. The summed E-state index contributed by atoms with van der Waals surface area (Å²) < 4.78 is 2.61. The maximum Gasteiger partial charge on any atom is 0.352 e. The monoisotopic (exact) mass is 347 g/mol. The Labute approximate surface area is 143 Å². The Morgan fingerprint density at radius 2 is 2.08 bits per heavy atom. The molecule has 0 unspecified atom stereocenters. The van der Waals surface area contributed by atoms with Gasteiger partial charge in [-0.05, 0) is 39.7 Å². The van der Waals surface area contributed by atoms with Crippen LogP contribution in [0, 0.1) is 6.92 Å². The lowest BCUT2D eigenvalue weighted by molar-refractivity contribution is -0.123. The molecule has 0 fully saturated rings. The maximum absolute atomic E-state index is 12.5. The van der Waals surface area contributed by atoms with Crippen molar-refractivity contribution in [2.45, 2.75) is 53.1 Å². The average molecular weight is 347 g/mol. The van der Waals surface area contributed by atoms with Crippen molar-refractivity contribution in [3.63, 3.8) is 0 Å². The van der Waals surface area contributed by atoms with Gasteiger partial charge in [0, 0.05) is 10.4 Å². The molecule has 0 saturated heterocycles. The summed E-state index contributed by atoms with van der Waals surface area (Å²) in [6.45, 7) is 9.70. The number of thiophene rings is 1. The molecular formula is C16H21N5O2S. The van der Waals surface area contributed by atoms with E-state index >= 15 is 0 Å². The minimum Gasteiger partial charge on any atom is -0.350 e. The Balaban J connectivity index is 2.12. The van der Waals surface area contributed by atoms with Crippen molar-refractivity contribution in [1.29, 1.82) is 0 Å². The Morgan fingerprint density at radius 1 is 1.38 bits per heavy atom. The number of amides is 1. The van der Waals surface area contributed by atoms with Gasteiger partial charge in [0.1, 0.15) is 17.7 Å². The molecule has 0 saturated carbocycles. The highest BCUT2D eigenvalue weighted by Gasteiger charge is 2.19. The molecule has 1 N–H and O–H groups in total. The molecule has 128 valence electrons. The Morgan fingerprint density at radius 3 is 2.71 bits per heavy atom. The number of aryl methyl sites for hydroxylation is 2. The van der Waals surface area contributed by atoms with Crippen LogP contribution in [0.15, 0.2) is 11.1 Å². The van der Waals surface area contributed by atoms with Crippen LogP contribution >= 0.6 is 11.3 Å². The maximum atomic E-state index is 12.5. The average Bonchev–Trinajstić information content (AvgIpc) is 2.94. The number of fused-ring (bicyclic) bond motifs is 3. The van der Waals surface area contributed by atoms with E-state index in [1.165, 1.54) is 20.3 Å². The van der Waals surface area contributed by atoms with E-state index in [2.05, 4.69) is 22.3 Å². The van der Waals surface area contributed by atoms with Gasteiger partial charge < -0.3 is 5.32 Å². The fourth-order valence-electron chi connectivity index (χ4n) is 2.81. The van der Waals surface area contributed by atoms with E-state index in [1.54, 1.807) is 11.3 Å². The molecule has 3 heterocycles. The summed E-state index contributed by atoms with van der Waals surface area (Å²) in [4.78, 5) is 31.1. The predicted octanol–water partition coefficient (Wildman–Crippen LogP) is 1.89. The van der Waals surface area contributed by atoms with Gasteiger partial charge >= 0.3 is 5.69 Å². The van der Waals surface area contributed by atoms with Crippen LogP contribution in [0.25, 0.3) is 15.9 Å². The van der Waals surface area contributed by atoms with Gasteiger partial charge in [0.2, 0.25) is 5.91 Å². The van der Waals surface area contributed by atoms with Crippen molar-refractivity contribution in [3.05, 3.63) is 27.3 Å². The third-order valence-electron chi connectivity index (χ3n) is 3.74. The number of aromatic nitrogens is 4. The largest absolute Gasteiger partial charge is 0.352 e. The molecule has 24 heavy (non-hydrogen) atoms. The molecule has 0 spiro atoms. The van der Waals surface area contributed by atoms with Gasteiger partial charge in [0.05, 0.1) is 5.39 Å². The minimum atomic E-state index is -0.353. The smallest absolute Gasteiger partial charge is 0.350 e. The highest BCUT2D eigenvalue weighted by molar-refractivity contribution is 7.18. The van der Waals surface area contributed by atoms with Crippen LogP contribution in [0.3, 0.4) is 0 Å². The number of rotatable bonds is 3. The number of hydrogen-bond donors (Lipinski definition) is 1. The zero-order valence-corrected chi connectivity index (χ0v) is 15.3. The van der Waals surface area contributed by atoms with E-state index in [1.807, 2.05) is 27.7 Å². The fraction of sp³-hybridized carbons (Fsp3) is 0.500. The first kappa shape index (κ1) is 16.6. The van der Waals surface area contributed by atoms with Crippen LogP contribution in [0.1, 0.15) is 38.1 Å². The van der Waals surface area contributed by atoms with Gasteiger partial charge in [-0.1, -0.05) is 6.92 Å². The van der Waals surface area contributed by atoms with Crippen molar-refractivity contribution in [2.24, 2.45) is 0 Å². The fourth-order valence-corrected chi connectivity index (χ4v) is 3.89. The number of carbonyl (C=O) groups excluding carboxylic acids is 1. The SMILES string of the molecule is CCc1c(C)sc2ncn3c(=O)n(CC(=O)NC(C)(C)C)nc3c12. The molecule has 3 rings (SSSR count). The van der Waals surface area contributed by atoms with E-state index in [-0.39, 0.29) is 23.7 Å². The normalized spacial score (nSPS) is 12.2. The molecule has 0 aliphatic rings. The molecule has 3 aromatic heterocycles. The third kappa shape index (κ3) is 2.82. The van der Waals surface area contributed by atoms with Crippen molar-refractivity contribution in [2.75, 3.05) is 0 Å². The lowest BCUT2D eigenvalue weighted by Crippen LogP contribution is -2.43. The summed E-state index contributed by atoms with van der Waals surface area (Å²) in [7, 11) is 0. The lowest BCUT2D eigenvalue weighted by Gasteiger charge is -2.20. The van der Waals surface area contributed by atoms with Crippen LogP contribution < -0.4 is 11.0 Å². The summed E-state index contributed by atoms with van der Waals surface area (Å²) in [5.74, 6) is -0.241. The quantitative estimate of drug-likeness (QED) is 0.784. The number of nitrogens with one attached hydrogen (secondary N) is 1. The molecule has 0 atom stereocenters. The van der Waals surface area contributed by atoms with Gasteiger partial charge in [-0.15, -0.1) is 16.4 Å². The van der Waals surface area contributed by atoms with Crippen LogP contribution in [0.2, 0.25) is 0 Å². The zero-order chi connectivity index (χ0) is 17.6. The number of nitrogens with zero attached hydrogens (tertiary/aromatic N) is 4. The van der Waals surface area contributed by atoms with Crippen molar-refractivity contribution < 1.29 is 4.79 Å². The second kappa shape index (κ2) is 5.70. The molecule has 0 radical (unpaired) electrons. The van der Waals surface area contributed by atoms with Crippen molar-refractivity contribution >= 4 is 33.1 Å². The summed E-state index contributed by atoms with van der Waals surface area (Å²) in [6, 6.07) is 0. The molecule has 0 aromatic carbocycles. The van der Waals surface area contributed by atoms with Crippen LogP contribution in [-0.4, -0.2) is 30.6 Å². The summed E-state index contributed by atoms with van der Waals surface area (Å²) in [6.07, 6.45) is 2.33. The molecule has 0 bridgehead atoms. The van der Waals surface area contributed by atoms with E-state index < -0.39 is 0 Å². The van der Waals surface area contributed by atoms with Crippen LogP contribution in [0.5, 0.6) is 0 Å². The van der Waals surface area contributed by atoms with Crippen LogP contribution in [0.4, 0.5) is 0 Å². The number of carbonyl (C=O) groups is 1. The molecule has 8 heteroatoms. The predicted molar refractivity (Wildman–Crippen MR) is 94.6 cm³/mol. The molecular weight excluding hydrogens is 326 g/mol. The van der Waals surface area contributed by atoms with Gasteiger partial charge in [0.25, 0.3) is 0 Å². The first-order valence-electron chi connectivity index (χ1n) is 7.88. The van der Waals surface area contributed by atoms with Gasteiger partial charge in [-0.25, -0.2) is 18.9 Å².